The maximum atomic E-state index is 11.9. The van der Waals surface area contributed by atoms with Crippen LogP contribution in [0, 0.1) is 5.92 Å². The van der Waals surface area contributed by atoms with E-state index in [4.69, 9.17) is 8.98 Å². The highest BCUT2D eigenvalue weighted by Gasteiger charge is 2.24. The quantitative estimate of drug-likeness (QED) is 0.312. The molecule has 1 fully saturated rings. The fourth-order valence-corrected chi connectivity index (χ4v) is 2.78. The number of hydrogen-bond acceptors (Lipinski definition) is 5. The molecule has 1 saturated heterocycles. The molecular weight excluding hydrogens is 391 g/mol. The zero-order valence-corrected chi connectivity index (χ0v) is 15.4. The van der Waals surface area contributed by atoms with Gasteiger partial charge in [0.1, 0.15) is 6.29 Å². The number of hydrogen-bond donors (Lipinski definition) is 1. The lowest BCUT2D eigenvalue weighted by Gasteiger charge is -2.33. The molecule has 0 spiro atoms. The van der Waals surface area contributed by atoms with E-state index in [2.05, 4.69) is 26.5 Å². The summed E-state index contributed by atoms with van der Waals surface area (Å²) in [6.07, 6.45) is 4.08. The first-order valence-corrected chi connectivity index (χ1v) is 10.1. The molecular formula is C13H25IN2O3S. The van der Waals surface area contributed by atoms with Gasteiger partial charge in [-0.3, -0.25) is 4.79 Å². The fourth-order valence-electron chi connectivity index (χ4n) is 2.09. The number of halogens is 1. The summed E-state index contributed by atoms with van der Waals surface area (Å²) in [4.78, 5) is 22.7. The van der Waals surface area contributed by atoms with Crippen molar-refractivity contribution in [3.8, 4) is 0 Å². The molecule has 0 saturated carbocycles. The Balaban J connectivity index is 0.00000110. The van der Waals surface area contributed by atoms with E-state index in [-0.39, 0.29) is 11.9 Å². The Morgan fingerprint density at radius 1 is 1.55 bits per heavy atom. The number of piperidine rings is 1. The van der Waals surface area contributed by atoms with Gasteiger partial charge in [0.15, 0.2) is 0 Å². The van der Waals surface area contributed by atoms with Crippen LogP contribution in [0.4, 0.5) is 0 Å². The fraction of sp³-hybridized carbons (Fsp3) is 0.846. The third kappa shape index (κ3) is 8.43. The van der Waals surface area contributed by atoms with Gasteiger partial charge in [-0.15, -0.1) is 0 Å². The number of amides is 1. The van der Waals surface area contributed by atoms with Crippen LogP contribution in [-0.2, 0) is 13.8 Å². The van der Waals surface area contributed by atoms with Crippen LogP contribution >= 0.6 is 30.4 Å². The molecule has 20 heavy (non-hydrogen) atoms. The minimum Gasteiger partial charge on any atom is -0.341 e. The first kappa shape index (κ1) is 20.1. The maximum Gasteiger partial charge on any atom is 0.239 e. The summed E-state index contributed by atoms with van der Waals surface area (Å²) in [5, 5.41) is 3.00. The van der Waals surface area contributed by atoms with Crippen LogP contribution in [0.15, 0.2) is 0 Å². The highest BCUT2D eigenvalue weighted by molar-refractivity contribution is 14.2. The van der Waals surface area contributed by atoms with Gasteiger partial charge in [0.25, 0.3) is 0 Å². The smallest absolute Gasteiger partial charge is 0.239 e. The summed E-state index contributed by atoms with van der Waals surface area (Å²) in [5.74, 6) is 0.942. The monoisotopic (exact) mass is 416 g/mol. The van der Waals surface area contributed by atoms with Crippen molar-refractivity contribution in [3.05, 3.63) is 0 Å². The topological polar surface area (TPSA) is 58.6 Å². The molecule has 1 N–H and O–H groups in total. The largest absolute Gasteiger partial charge is 0.341 e. The third-order valence-electron chi connectivity index (χ3n) is 3.38. The van der Waals surface area contributed by atoms with Crippen LogP contribution in [0.3, 0.4) is 0 Å². The Morgan fingerprint density at radius 2 is 2.10 bits per heavy atom. The van der Waals surface area contributed by atoms with Crippen LogP contribution in [0.1, 0.15) is 33.1 Å². The maximum absolute atomic E-state index is 11.9. The van der Waals surface area contributed by atoms with E-state index in [1.54, 1.807) is 0 Å². The molecule has 0 aliphatic carbocycles. The summed E-state index contributed by atoms with van der Waals surface area (Å²) in [5.41, 5.74) is 0. The van der Waals surface area contributed by atoms with Crippen molar-refractivity contribution in [2.24, 2.45) is 5.92 Å². The molecule has 0 aromatic rings. The Labute approximate surface area is 138 Å². The molecule has 1 aliphatic rings. The van der Waals surface area contributed by atoms with Gasteiger partial charge in [0.2, 0.25) is 5.91 Å². The van der Waals surface area contributed by atoms with Crippen molar-refractivity contribution in [1.29, 1.82) is 0 Å². The van der Waals surface area contributed by atoms with Crippen molar-refractivity contribution in [2.75, 3.05) is 26.7 Å². The van der Waals surface area contributed by atoms with E-state index < -0.39 is 0 Å². The average molecular weight is 416 g/mol. The zero-order chi connectivity index (χ0) is 15.4. The second kappa shape index (κ2) is 12.8. The van der Waals surface area contributed by atoms with Crippen molar-refractivity contribution in [2.45, 2.75) is 39.2 Å². The van der Waals surface area contributed by atoms with Gasteiger partial charge in [0.05, 0.1) is 21.9 Å². The molecule has 1 rings (SSSR count). The van der Waals surface area contributed by atoms with Gasteiger partial charge in [-0.1, -0.05) is 0 Å². The number of carbonyl (C=O) groups is 2. The summed E-state index contributed by atoms with van der Waals surface area (Å²) in [6, 6.07) is -0.0645. The first-order valence-electron chi connectivity index (χ1n) is 6.86. The van der Waals surface area contributed by atoms with Crippen molar-refractivity contribution >= 4 is 42.6 Å². The Bertz CT molecular complexity index is 274. The lowest BCUT2D eigenvalue weighted by atomic mass is 9.93. The number of likely N-dealkylation sites (N-methyl/N-ethyl adjacent to an activating group) is 1. The normalized spacial score (nSPS) is 17.1. The second-order valence-corrected chi connectivity index (χ2v) is 6.13. The number of rotatable bonds is 6. The molecule has 0 unspecified atom stereocenters. The van der Waals surface area contributed by atoms with Crippen LogP contribution in [-0.4, -0.2) is 49.9 Å². The number of likely N-dealkylation sites (tertiary alicyclic amines) is 1. The van der Waals surface area contributed by atoms with Crippen molar-refractivity contribution in [3.63, 3.8) is 0 Å². The number of nitrogens with zero attached hydrogens (tertiary/aromatic N) is 1. The van der Waals surface area contributed by atoms with E-state index in [0.717, 1.165) is 45.2 Å². The molecule has 7 heteroatoms. The molecule has 1 heterocycles. The number of aldehydes is 1. The van der Waals surface area contributed by atoms with Gasteiger partial charge in [-0.05, 0) is 46.1 Å². The van der Waals surface area contributed by atoms with Crippen LogP contribution in [0.5, 0.6) is 0 Å². The van der Waals surface area contributed by atoms with Crippen LogP contribution in [0.2, 0.25) is 0 Å². The van der Waals surface area contributed by atoms with Crippen molar-refractivity contribution < 1.29 is 13.8 Å². The minimum absolute atomic E-state index is 0.0645. The highest BCUT2D eigenvalue weighted by Crippen LogP contribution is 2.22. The Morgan fingerprint density at radius 3 is 2.55 bits per heavy atom. The lowest BCUT2D eigenvalue weighted by Crippen LogP contribution is -2.47. The van der Waals surface area contributed by atoms with Crippen LogP contribution in [0.25, 0.3) is 0 Å². The van der Waals surface area contributed by atoms with Gasteiger partial charge in [-0.25, -0.2) is 0 Å². The van der Waals surface area contributed by atoms with E-state index in [0.29, 0.717) is 5.92 Å². The molecule has 1 aliphatic heterocycles. The van der Waals surface area contributed by atoms with Crippen molar-refractivity contribution in [1.82, 2.24) is 10.2 Å². The van der Waals surface area contributed by atoms with Gasteiger partial charge in [-0.2, -0.15) is 0 Å². The van der Waals surface area contributed by atoms with E-state index in [9.17, 15) is 4.79 Å². The van der Waals surface area contributed by atoms with Gasteiger partial charge >= 0.3 is 0 Å². The summed E-state index contributed by atoms with van der Waals surface area (Å²) >= 11 is 2.14. The molecule has 1 atom stereocenters. The number of nitrogens with one attached hydrogen (secondary N) is 1. The predicted molar refractivity (Wildman–Crippen MR) is 91.7 cm³/mol. The molecule has 0 bridgehead atoms. The molecule has 1 amide bonds. The zero-order valence-electron chi connectivity index (χ0n) is 12.4. The minimum atomic E-state index is -0.0645. The molecule has 0 aromatic heterocycles. The standard InChI is InChI=1S/C11H21IN2O2S.C2H4O/c1-9(13-2)11(15)14-6-3-10(4-7-14)5-8-16-17-12;1-2-3/h9-10,13H,3-8H2,1-2H3;2H,1H3/t9-;/m0./s1. The Hall–Kier alpha value is 0.140. The molecule has 118 valence electrons. The first-order chi connectivity index (χ1) is 9.60. The van der Waals surface area contributed by atoms with E-state index in [1.165, 1.54) is 16.1 Å². The van der Waals surface area contributed by atoms with Gasteiger partial charge < -0.3 is 19.2 Å². The Kier molecular flexibility index (Phi) is 12.9. The summed E-state index contributed by atoms with van der Waals surface area (Å²) in [7, 11) is 3.23. The molecule has 0 aromatic carbocycles. The molecule has 5 nitrogen and oxygen atoms in total. The lowest BCUT2D eigenvalue weighted by molar-refractivity contribution is -0.134. The van der Waals surface area contributed by atoms with Crippen LogP contribution < -0.4 is 5.32 Å². The summed E-state index contributed by atoms with van der Waals surface area (Å²) in [6.45, 7) is 5.97. The predicted octanol–water partition coefficient (Wildman–Crippen LogP) is 2.44. The second-order valence-electron chi connectivity index (χ2n) is 4.69. The third-order valence-corrected chi connectivity index (χ3v) is 4.40. The van der Waals surface area contributed by atoms with E-state index >= 15 is 0 Å². The SMILES string of the molecule is CC=O.CN[C@@H](C)C(=O)N1CCC(CCOSI)CC1. The average Bonchev–Trinajstić information content (AvgIpc) is 2.47. The van der Waals surface area contributed by atoms with Gasteiger partial charge in [0, 0.05) is 34.3 Å². The van der Waals surface area contributed by atoms with E-state index in [1.807, 2.05) is 18.9 Å². The molecule has 0 radical (unpaired) electrons. The number of carbonyl (C=O) groups excluding carboxylic acids is 2. The highest BCUT2D eigenvalue weighted by atomic mass is 127. The summed E-state index contributed by atoms with van der Waals surface area (Å²) < 4.78 is 5.28.